The first-order valence-electron chi connectivity index (χ1n) is 11.2. The van der Waals surface area contributed by atoms with Crippen molar-refractivity contribution in [1.29, 1.82) is 0 Å². The molecule has 0 spiro atoms. The molecule has 0 radical (unpaired) electrons. The van der Waals surface area contributed by atoms with Crippen LogP contribution in [-0.2, 0) is 27.0 Å². The number of alkyl halides is 3. The Bertz CT molecular complexity index is 1250. The van der Waals surface area contributed by atoms with E-state index in [1.54, 1.807) is 0 Å². The lowest BCUT2D eigenvalue weighted by molar-refractivity contribution is -0.150. The number of benzene rings is 2. The number of rotatable bonds is 8. The van der Waals surface area contributed by atoms with Crippen molar-refractivity contribution in [3.63, 3.8) is 0 Å². The zero-order valence-corrected chi connectivity index (χ0v) is 20.3. The Morgan fingerprint density at radius 1 is 1.18 bits per heavy atom. The van der Waals surface area contributed by atoms with Crippen molar-refractivity contribution in [3.05, 3.63) is 58.9 Å². The summed E-state index contributed by atoms with van der Waals surface area (Å²) in [6, 6.07) is 4.73. The molecule has 0 aromatic heterocycles. The van der Waals surface area contributed by atoms with Gasteiger partial charge in [0.2, 0.25) is 5.91 Å². The van der Waals surface area contributed by atoms with Crippen LogP contribution >= 0.6 is 0 Å². The van der Waals surface area contributed by atoms with Gasteiger partial charge in [-0.05, 0) is 42.3 Å². The Balaban J connectivity index is 1.89. The Kier molecular flexibility index (Phi) is 8.56. The maximum absolute atomic E-state index is 14.8. The van der Waals surface area contributed by atoms with Gasteiger partial charge in [-0.25, -0.2) is 14.0 Å². The molecule has 0 saturated carbocycles. The first-order chi connectivity index (χ1) is 17.8. The van der Waals surface area contributed by atoms with Gasteiger partial charge in [0.1, 0.15) is 5.82 Å². The molecular weight excluding hydrogens is 516 g/mol. The monoisotopic (exact) mass is 540 g/mol. The van der Waals surface area contributed by atoms with Gasteiger partial charge >= 0.3 is 24.2 Å². The normalized spacial score (nSPS) is 16.0. The van der Waals surface area contributed by atoms with Gasteiger partial charge in [0.05, 0.1) is 24.4 Å². The van der Waals surface area contributed by atoms with Crippen LogP contribution in [0.25, 0.3) is 0 Å². The highest BCUT2D eigenvalue weighted by molar-refractivity contribution is 6.12. The standard InChI is InChI=1S/C24H24F4N4O6/c1-13-14(4-3-5-17(13)24(26,27)28)11-32-20(33)16(21(34)35)12-31(23(32)37)15-6-7-19(18(25)10-15)30-22(36)29-8-9-38-2/h3-7,10,16H,8-9,11-12H2,1-2H3,(H,34,35)(H2,29,30,36). The van der Waals surface area contributed by atoms with Crippen LogP contribution in [0, 0.1) is 18.7 Å². The molecule has 3 rings (SSSR count). The molecule has 1 aliphatic rings. The summed E-state index contributed by atoms with van der Waals surface area (Å²) in [5.41, 5.74) is -1.57. The molecule has 2 aromatic carbocycles. The second kappa shape index (κ2) is 11.5. The van der Waals surface area contributed by atoms with E-state index in [-0.39, 0.29) is 35.7 Å². The van der Waals surface area contributed by atoms with Crippen molar-refractivity contribution in [1.82, 2.24) is 10.2 Å². The number of amides is 5. The lowest BCUT2D eigenvalue weighted by Crippen LogP contribution is -2.58. The average Bonchev–Trinajstić information content (AvgIpc) is 2.83. The number of carbonyl (C=O) groups excluding carboxylic acids is 3. The minimum atomic E-state index is -4.68. The molecule has 1 fully saturated rings. The van der Waals surface area contributed by atoms with Crippen molar-refractivity contribution in [2.24, 2.45) is 5.92 Å². The van der Waals surface area contributed by atoms with Crippen LogP contribution in [0.15, 0.2) is 36.4 Å². The Labute approximate surface area is 214 Å². The van der Waals surface area contributed by atoms with Crippen LogP contribution in [0.2, 0.25) is 0 Å². The summed E-state index contributed by atoms with van der Waals surface area (Å²) in [6.45, 7) is 0.310. The van der Waals surface area contributed by atoms with Crippen LogP contribution < -0.4 is 15.5 Å². The molecule has 3 N–H and O–H groups in total. The topological polar surface area (TPSA) is 128 Å². The number of urea groups is 2. The number of carboxylic acid groups (broad SMARTS) is 1. The van der Waals surface area contributed by atoms with E-state index in [9.17, 15) is 41.8 Å². The van der Waals surface area contributed by atoms with Gasteiger partial charge in [0, 0.05) is 25.9 Å². The molecular formula is C24H24F4N4O6. The highest BCUT2D eigenvalue weighted by atomic mass is 19.4. The van der Waals surface area contributed by atoms with Gasteiger partial charge in [-0.1, -0.05) is 12.1 Å². The first-order valence-corrected chi connectivity index (χ1v) is 11.2. The smallest absolute Gasteiger partial charge is 0.416 e. The van der Waals surface area contributed by atoms with Crippen LogP contribution in [0.3, 0.4) is 0 Å². The van der Waals surface area contributed by atoms with Crippen molar-refractivity contribution in [2.75, 3.05) is 37.0 Å². The van der Waals surface area contributed by atoms with Crippen molar-refractivity contribution >= 4 is 35.3 Å². The highest BCUT2D eigenvalue weighted by Gasteiger charge is 2.44. The fraction of sp³-hybridized carbons (Fsp3) is 0.333. The Morgan fingerprint density at radius 3 is 2.50 bits per heavy atom. The molecule has 0 bridgehead atoms. The van der Waals surface area contributed by atoms with Crippen molar-refractivity contribution < 1.29 is 46.6 Å². The molecule has 2 aromatic rings. The molecule has 5 amide bonds. The quantitative estimate of drug-likeness (QED) is 0.267. The van der Waals surface area contributed by atoms with Crippen LogP contribution in [-0.4, -0.2) is 60.8 Å². The van der Waals surface area contributed by atoms with E-state index in [1.165, 1.54) is 26.2 Å². The maximum atomic E-state index is 14.8. The van der Waals surface area contributed by atoms with Crippen LogP contribution in [0.1, 0.15) is 16.7 Å². The van der Waals surface area contributed by atoms with E-state index in [4.69, 9.17) is 4.74 Å². The minimum absolute atomic E-state index is 0.0160. The maximum Gasteiger partial charge on any atom is 0.416 e. The van der Waals surface area contributed by atoms with Gasteiger partial charge in [0.25, 0.3) is 0 Å². The predicted octanol–water partition coefficient (Wildman–Crippen LogP) is 3.59. The number of halogens is 4. The Hall–Kier alpha value is -4.20. The number of anilines is 2. The number of methoxy groups -OCH3 is 1. The zero-order chi connectivity index (χ0) is 28.2. The third-order valence-electron chi connectivity index (χ3n) is 5.87. The van der Waals surface area contributed by atoms with E-state index < -0.39 is 60.5 Å². The SMILES string of the molecule is COCCNC(=O)Nc1ccc(N2CC(C(=O)O)C(=O)N(Cc3cccc(C(F)(F)F)c3C)C2=O)cc1F. The number of carboxylic acids is 1. The molecule has 14 heteroatoms. The Morgan fingerprint density at radius 2 is 1.89 bits per heavy atom. The summed E-state index contributed by atoms with van der Waals surface area (Å²) in [4.78, 5) is 51.1. The zero-order valence-electron chi connectivity index (χ0n) is 20.3. The second-order valence-electron chi connectivity index (χ2n) is 8.33. The molecule has 204 valence electrons. The van der Waals surface area contributed by atoms with Gasteiger partial charge in [-0.2, -0.15) is 13.2 Å². The number of nitrogens with zero attached hydrogens (tertiary/aromatic N) is 2. The molecule has 1 unspecified atom stereocenters. The van der Waals surface area contributed by atoms with Gasteiger partial charge < -0.3 is 20.5 Å². The number of ether oxygens (including phenoxy) is 1. The fourth-order valence-electron chi connectivity index (χ4n) is 3.85. The highest BCUT2D eigenvalue weighted by Crippen LogP contribution is 2.34. The minimum Gasteiger partial charge on any atom is -0.481 e. The van der Waals surface area contributed by atoms with Gasteiger partial charge in [0.15, 0.2) is 5.92 Å². The lowest BCUT2D eigenvalue weighted by atomic mass is 9.99. The van der Waals surface area contributed by atoms with E-state index in [2.05, 4.69) is 10.6 Å². The molecule has 0 aliphatic carbocycles. The summed E-state index contributed by atoms with van der Waals surface area (Å²) >= 11 is 0. The molecule has 1 atom stereocenters. The number of nitrogens with one attached hydrogen (secondary N) is 2. The number of hydrogen-bond donors (Lipinski definition) is 3. The molecule has 1 aliphatic heterocycles. The van der Waals surface area contributed by atoms with Gasteiger partial charge in [-0.15, -0.1) is 0 Å². The molecule has 38 heavy (non-hydrogen) atoms. The largest absolute Gasteiger partial charge is 0.481 e. The van der Waals surface area contributed by atoms with Crippen molar-refractivity contribution in [2.45, 2.75) is 19.6 Å². The molecule has 1 saturated heterocycles. The number of carbonyl (C=O) groups is 4. The first kappa shape index (κ1) is 28.4. The van der Waals surface area contributed by atoms with E-state index in [1.807, 2.05) is 0 Å². The number of hydrogen-bond acceptors (Lipinski definition) is 5. The summed E-state index contributed by atoms with van der Waals surface area (Å²) in [6.07, 6.45) is -4.68. The predicted molar refractivity (Wildman–Crippen MR) is 126 cm³/mol. The summed E-state index contributed by atoms with van der Waals surface area (Å²) in [5, 5.41) is 14.3. The van der Waals surface area contributed by atoms with E-state index in [0.717, 1.165) is 29.2 Å². The summed E-state index contributed by atoms with van der Waals surface area (Å²) in [5.74, 6) is -5.38. The van der Waals surface area contributed by atoms with Crippen molar-refractivity contribution in [3.8, 4) is 0 Å². The lowest BCUT2D eigenvalue weighted by Gasteiger charge is -2.37. The van der Waals surface area contributed by atoms with E-state index in [0.29, 0.717) is 4.90 Å². The number of aliphatic carboxylic acids is 1. The third kappa shape index (κ3) is 6.19. The van der Waals surface area contributed by atoms with Gasteiger partial charge in [-0.3, -0.25) is 19.4 Å². The molecule has 1 heterocycles. The second-order valence-corrected chi connectivity index (χ2v) is 8.33. The fourth-order valence-corrected chi connectivity index (χ4v) is 3.85. The summed E-state index contributed by atoms with van der Waals surface area (Å²) in [7, 11) is 1.43. The van der Waals surface area contributed by atoms with E-state index >= 15 is 0 Å². The molecule has 10 nitrogen and oxygen atoms in total. The average molecular weight is 540 g/mol. The van der Waals surface area contributed by atoms with Crippen LogP contribution in [0.4, 0.5) is 38.5 Å². The van der Waals surface area contributed by atoms with Crippen LogP contribution in [0.5, 0.6) is 0 Å². The number of imide groups is 1. The third-order valence-corrected chi connectivity index (χ3v) is 5.87. The summed E-state index contributed by atoms with van der Waals surface area (Å²) < 4.78 is 59.6.